The lowest BCUT2D eigenvalue weighted by Gasteiger charge is -2.14. The Morgan fingerprint density at radius 2 is 2.03 bits per heavy atom. The van der Waals surface area contributed by atoms with Crippen molar-refractivity contribution in [2.45, 2.75) is 51.5 Å². The highest BCUT2D eigenvalue weighted by atomic mass is 19.4. The highest BCUT2D eigenvalue weighted by Crippen LogP contribution is 2.41. The van der Waals surface area contributed by atoms with E-state index in [0.29, 0.717) is 36.3 Å². The highest BCUT2D eigenvalue weighted by molar-refractivity contribution is 5.97. The number of hydrogen-bond acceptors (Lipinski definition) is 4. The first-order valence-electron chi connectivity index (χ1n) is 10.2. The summed E-state index contributed by atoms with van der Waals surface area (Å²) in [6, 6.07) is 8.42. The van der Waals surface area contributed by atoms with Crippen molar-refractivity contribution < 1.29 is 32.5 Å². The summed E-state index contributed by atoms with van der Waals surface area (Å²) in [5.41, 5.74) is 0.723. The van der Waals surface area contributed by atoms with Crippen LogP contribution in [0.5, 0.6) is 11.5 Å². The number of aromatic hydroxyl groups is 1. The first kappa shape index (κ1) is 22.9. The SMILES string of the molecule is CCCc1c(OCCC=C[C@@H]2O[C@H]2c2cccc(C(F)(F)F)c2)ccc(C(C)=O)c1O. The van der Waals surface area contributed by atoms with Crippen molar-refractivity contribution in [2.75, 3.05) is 6.61 Å². The van der Waals surface area contributed by atoms with Gasteiger partial charge in [0.15, 0.2) is 5.78 Å². The summed E-state index contributed by atoms with van der Waals surface area (Å²) in [4.78, 5) is 11.6. The average molecular weight is 434 g/mol. The Morgan fingerprint density at radius 3 is 2.71 bits per heavy atom. The Kier molecular flexibility index (Phi) is 7.05. The first-order chi connectivity index (χ1) is 14.7. The van der Waals surface area contributed by atoms with Crippen molar-refractivity contribution in [3.8, 4) is 11.5 Å². The van der Waals surface area contributed by atoms with Gasteiger partial charge in [-0.25, -0.2) is 0 Å². The number of ketones is 1. The second kappa shape index (κ2) is 9.56. The maximum Gasteiger partial charge on any atom is 0.416 e. The van der Waals surface area contributed by atoms with Gasteiger partial charge in [0, 0.05) is 5.56 Å². The molecule has 0 aliphatic carbocycles. The molecule has 0 aromatic heterocycles. The van der Waals surface area contributed by atoms with Crippen molar-refractivity contribution in [2.24, 2.45) is 0 Å². The largest absolute Gasteiger partial charge is 0.507 e. The molecule has 3 rings (SSSR count). The van der Waals surface area contributed by atoms with E-state index >= 15 is 0 Å². The monoisotopic (exact) mass is 434 g/mol. The molecule has 2 aromatic carbocycles. The molecule has 31 heavy (non-hydrogen) atoms. The molecular formula is C24H25F3O4. The van der Waals surface area contributed by atoms with Crippen LogP contribution in [0.3, 0.4) is 0 Å². The van der Waals surface area contributed by atoms with Crippen molar-refractivity contribution in [1.82, 2.24) is 0 Å². The second-order valence-corrected chi connectivity index (χ2v) is 7.45. The number of halogens is 3. The molecule has 1 heterocycles. The van der Waals surface area contributed by atoms with E-state index in [1.807, 2.05) is 19.1 Å². The van der Waals surface area contributed by atoms with Crippen LogP contribution in [0.2, 0.25) is 0 Å². The fraction of sp³-hybridized carbons (Fsp3) is 0.375. The minimum absolute atomic E-state index is 0.0299. The number of ether oxygens (including phenoxy) is 2. The molecule has 0 saturated carbocycles. The lowest BCUT2D eigenvalue weighted by atomic mass is 10.0. The minimum atomic E-state index is -4.37. The van der Waals surface area contributed by atoms with E-state index in [0.717, 1.165) is 18.6 Å². The standard InChI is InChI=1S/C24H25F3O4/c1-3-7-19-20(12-11-18(15(2)28)22(19)29)30-13-5-4-10-21-23(31-21)16-8-6-9-17(14-16)24(25,26)27/h4,6,8-12,14,21,23,29H,3,5,7,13H2,1-2H3/t21-,23-/m0/s1. The van der Waals surface area contributed by atoms with E-state index in [4.69, 9.17) is 9.47 Å². The number of carbonyl (C=O) groups is 1. The number of alkyl halides is 3. The Hall–Kier alpha value is -2.80. The molecule has 1 aliphatic heterocycles. The Morgan fingerprint density at radius 1 is 1.26 bits per heavy atom. The first-order valence-corrected chi connectivity index (χ1v) is 10.2. The Labute approximate surface area is 179 Å². The van der Waals surface area contributed by atoms with E-state index in [2.05, 4.69) is 0 Å². The Bertz CT molecular complexity index is 966. The molecule has 166 valence electrons. The minimum Gasteiger partial charge on any atom is -0.507 e. The summed E-state index contributed by atoms with van der Waals surface area (Å²) in [6.45, 7) is 3.73. The molecule has 1 saturated heterocycles. The maximum atomic E-state index is 12.8. The van der Waals surface area contributed by atoms with Crippen molar-refractivity contribution in [3.05, 3.63) is 70.8 Å². The van der Waals surface area contributed by atoms with Crippen LogP contribution in [-0.2, 0) is 17.3 Å². The summed E-state index contributed by atoms with van der Waals surface area (Å²) in [5, 5.41) is 10.4. The van der Waals surface area contributed by atoms with Crippen LogP contribution < -0.4 is 4.74 Å². The normalized spacial score (nSPS) is 18.4. The summed E-state index contributed by atoms with van der Waals surface area (Å²) >= 11 is 0. The van der Waals surface area contributed by atoms with Crippen molar-refractivity contribution in [1.29, 1.82) is 0 Å². The van der Waals surface area contributed by atoms with Crippen LogP contribution >= 0.6 is 0 Å². The number of epoxide rings is 1. The van der Waals surface area contributed by atoms with Gasteiger partial charge in [-0.05, 0) is 49.6 Å². The number of phenols is 1. The number of hydrogen-bond donors (Lipinski definition) is 1. The van der Waals surface area contributed by atoms with Gasteiger partial charge in [0.2, 0.25) is 0 Å². The van der Waals surface area contributed by atoms with E-state index in [1.54, 1.807) is 18.2 Å². The molecule has 0 bridgehead atoms. The van der Waals surface area contributed by atoms with E-state index in [-0.39, 0.29) is 29.3 Å². The van der Waals surface area contributed by atoms with Gasteiger partial charge in [-0.1, -0.05) is 37.6 Å². The molecular weight excluding hydrogens is 409 g/mol. The summed E-state index contributed by atoms with van der Waals surface area (Å²) in [7, 11) is 0. The second-order valence-electron chi connectivity index (χ2n) is 7.45. The fourth-order valence-electron chi connectivity index (χ4n) is 3.43. The van der Waals surface area contributed by atoms with E-state index < -0.39 is 11.7 Å². The molecule has 0 unspecified atom stereocenters. The number of rotatable bonds is 9. The van der Waals surface area contributed by atoms with Gasteiger partial charge >= 0.3 is 6.18 Å². The van der Waals surface area contributed by atoms with E-state index in [1.165, 1.54) is 13.0 Å². The molecule has 0 spiro atoms. The zero-order chi connectivity index (χ0) is 22.6. The smallest absolute Gasteiger partial charge is 0.416 e. The van der Waals surface area contributed by atoms with E-state index in [9.17, 15) is 23.1 Å². The van der Waals surface area contributed by atoms with Crippen LogP contribution in [-0.4, -0.2) is 23.6 Å². The van der Waals surface area contributed by atoms with Crippen LogP contribution in [0.1, 0.15) is 59.8 Å². The third-order valence-corrected chi connectivity index (χ3v) is 5.05. The third kappa shape index (κ3) is 5.67. The summed E-state index contributed by atoms with van der Waals surface area (Å²) in [5.74, 6) is 0.309. The predicted molar refractivity (Wildman–Crippen MR) is 110 cm³/mol. The number of carbonyl (C=O) groups excluding carboxylic acids is 1. The summed E-state index contributed by atoms with van der Waals surface area (Å²) < 4.78 is 49.8. The van der Waals surface area contributed by atoms with Crippen molar-refractivity contribution >= 4 is 5.78 Å². The summed E-state index contributed by atoms with van der Waals surface area (Å²) in [6.07, 6.45) is 0.634. The Balaban J connectivity index is 1.53. The van der Waals surface area contributed by atoms with Gasteiger partial charge in [-0.2, -0.15) is 13.2 Å². The van der Waals surface area contributed by atoms with Gasteiger partial charge in [0.25, 0.3) is 0 Å². The number of phenolic OH excluding ortho intramolecular Hbond substituents is 1. The van der Waals surface area contributed by atoms with Gasteiger partial charge in [-0.15, -0.1) is 0 Å². The number of Topliss-reactive ketones (excluding diaryl/α,β-unsaturated/α-hetero) is 1. The molecule has 7 heteroatoms. The van der Waals surface area contributed by atoms with Gasteiger partial charge < -0.3 is 14.6 Å². The fourth-order valence-corrected chi connectivity index (χ4v) is 3.43. The number of benzene rings is 2. The maximum absolute atomic E-state index is 12.8. The third-order valence-electron chi connectivity index (χ3n) is 5.05. The molecule has 0 amide bonds. The predicted octanol–water partition coefficient (Wildman–Crippen LogP) is 6.03. The van der Waals surface area contributed by atoms with Crippen LogP contribution in [0.4, 0.5) is 13.2 Å². The van der Waals surface area contributed by atoms with Gasteiger partial charge in [0.1, 0.15) is 23.7 Å². The highest BCUT2D eigenvalue weighted by Gasteiger charge is 2.39. The molecule has 4 nitrogen and oxygen atoms in total. The topological polar surface area (TPSA) is 59.1 Å². The van der Waals surface area contributed by atoms with Crippen LogP contribution in [0.15, 0.2) is 48.6 Å². The zero-order valence-corrected chi connectivity index (χ0v) is 17.4. The lowest BCUT2D eigenvalue weighted by molar-refractivity contribution is -0.137. The van der Waals surface area contributed by atoms with Crippen LogP contribution in [0, 0.1) is 0 Å². The van der Waals surface area contributed by atoms with Gasteiger partial charge in [0.05, 0.1) is 17.7 Å². The molecule has 1 N–H and O–H groups in total. The average Bonchev–Trinajstić information content (AvgIpc) is 3.49. The molecule has 0 radical (unpaired) electrons. The van der Waals surface area contributed by atoms with Crippen LogP contribution in [0.25, 0.3) is 0 Å². The quantitative estimate of drug-likeness (QED) is 0.227. The zero-order valence-electron chi connectivity index (χ0n) is 17.4. The molecule has 1 fully saturated rings. The van der Waals surface area contributed by atoms with Gasteiger partial charge in [-0.3, -0.25) is 4.79 Å². The van der Waals surface area contributed by atoms with Crippen molar-refractivity contribution in [3.63, 3.8) is 0 Å². The lowest BCUT2D eigenvalue weighted by Crippen LogP contribution is -2.05. The molecule has 2 atom stereocenters. The molecule has 1 aliphatic rings. The molecule has 2 aromatic rings.